The Labute approximate surface area is 216 Å². The second-order valence-electron chi connectivity index (χ2n) is 11.0. The van der Waals surface area contributed by atoms with Crippen molar-refractivity contribution >= 4 is 17.2 Å². The number of carbonyl (C=O) groups is 1. The normalized spacial score (nSPS) is 24.3. The Morgan fingerprint density at radius 1 is 1.11 bits per heavy atom. The molecular formula is C26H37FN6O2S. The number of rotatable bonds is 4. The van der Waals surface area contributed by atoms with E-state index in [-0.39, 0.29) is 5.91 Å². The van der Waals surface area contributed by atoms with Crippen molar-refractivity contribution in [1.82, 2.24) is 29.5 Å². The number of aromatic nitrogens is 3. The molecule has 1 amide bonds. The highest BCUT2D eigenvalue weighted by Gasteiger charge is 2.45. The van der Waals surface area contributed by atoms with Gasteiger partial charge in [-0.15, -0.1) is 21.5 Å². The molecule has 4 aliphatic rings. The van der Waals surface area contributed by atoms with E-state index in [0.717, 1.165) is 70.2 Å². The van der Waals surface area contributed by atoms with Crippen LogP contribution < -0.4 is 0 Å². The summed E-state index contributed by atoms with van der Waals surface area (Å²) in [5.74, 6) is 2.26. The fourth-order valence-electron chi connectivity index (χ4n) is 6.45. The number of thiophene rings is 1. The Kier molecular flexibility index (Phi) is 6.87. The summed E-state index contributed by atoms with van der Waals surface area (Å²) in [6.45, 7) is 8.90. The summed E-state index contributed by atoms with van der Waals surface area (Å²) in [4.78, 5) is 19.9. The van der Waals surface area contributed by atoms with Crippen molar-refractivity contribution in [3.63, 3.8) is 0 Å². The Bertz CT molecular complexity index is 1070. The molecule has 0 atom stereocenters. The maximum Gasteiger partial charge on any atom is 0.260 e. The van der Waals surface area contributed by atoms with Gasteiger partial charge in [-0.3, -0.25) is 14.3 Å². The maximum atomic E-state index is 15.8. The fraction of sp³-hybridized carbons (Fsp3) is 0.731. The SMILES string of the molecule is Cc1nnc2n1-c1sccc1CN(C1CCN(C(=O)C3(F)CCN(CC4CCOCC4)CC3)CC1)C2. The largest absolute Gasteiger partial charge is 0.381 e. The molecule has 2 aromatic rings. The molecule has 0 aliphatic carbocycles. The van der Waals surface area contributed by atoms with Crippen molar-refractivity contribution in [3.8, 4) is 5.00 Å². The molecular weight excluding hydrogens is 479 g/mol. The molecule has 8 nitrogen and oxygen atoms in total. The Hall–Kier alpha value is -1.88. The summed E-state index contributed by atoms with van der Waals surface area (Å²) in [5.41, 5.74) is -0.406. The third-order valence-corrected chi connectivity index (χ3v) is 9.63. The van der Waals surface area contributed by atoms with E-state index in [9.17, 15) is 4.79 Å². The second kappa shape index (κ2) is 10.1. The molecule has 6 heterocycles. The first-order valence-corrected chi connectivity index (χ1v) is 14.4. The number of hydrogen-bond donors (Lipinski definition) is 0. The predicted molar refractivity (Wildman–Crippen MR) is 136 cm³/mol. The van der Waals surface area contributed by atoms with Gasteiger partial charge in [0.25, 0.3) is 5.91 Å². The summed E-state index contributed by atoms with van der Waals surface area (Å²) < 4.78 is 23.5. The van der Waals surface area contributed by atoms with E-state index in [1.165, 1.54) is 10.6 Å². The minimum Gasteiger partial charge on any atom is -0.381 e. The van der Waals surface area contributed by atoms with E-state index < -0.39 is 5.67 Å². The summed E-state index contributed by atoms with van der Waals surface area (Å²) >= 11 is 1.73. The van der Waals surface area contributed by atoms with Crippen molar-refractivity contribution in [2.45, 2.75) is 70.2 Å². The molecule has 196 valence electrons. The number of carbonyl (C=O) groups excluding carboxylic acids is 1. The molecule has 0 spiro atoms. The number of fused-ring (bicyclic) bond motifs is 3. The molecule has 0 N–H and O–H groups in total. The van der Waals surface area contributed by atoms with Gasteiger partial charge in [-0.05, 0) is 50.0 Å². The van der Waals surface area contributed by atoms with Crippen LogP contribution in [0.4, 0.5) is 4.39 Å². The van der Waals surface area contributed by atoms with Gasteiger partial charge in [-0.1, -0.05) is 0 Å². The molecule has 0 radical (unpaired) electrons. The molecule has 2 aromatic heterocycles. The van der Waals surface area contributed by atoms with Gasteiger partial charge in [0.2, 0.25) is 0 Å². The number of likely N-dealkylation sites (tertiary alicyclic amines) is 2. The average molecular weight is 517 g/mol. The van der Waals surface area contributed by atoms with Gasteiger partial charge in [-0.2, -0.15) is 0 Å². The summed E-state index contributed by atoms with van der Waals surface area (Å²) in [6.07, 6.45) is 4.55. The Morgan fingerprint density at radius 2 is 1.86 bits per heavy atom. The van der Waals surface area contributed by atoms with Crippen LogP contribution in [0.3, 0.4) is 0 Å². The molecule has 10 heteroatoms. The molecule has 3 fully saturated rings. The zero-order valence-electron chi connectivity index (χ0n) is 21.2. The molecule has 0 saturated carbocycles. The van der Waals surface area contributed by atoms with Gasteiger partial charge in [0.1, 0.15) is 10.8 Å². The third kappa shape index (κ3) is 4.73. The molecule has 4 aliphatic heterocycles. The zero-order chi connectivity index (χ0) is 24.7. The van der Waals surface area contributed by atoms with Gasteiger partial charge < -0.3 is 14.5 Å². The Balaban J connectivity index is 1.04. The Morgan fingerprint density at radius 3 is 2.61 bits per heavy atom. The fourth-order valence-corrected chi connectivity index (χ4v) is 7.44. The second-order valence-corrected chi connectivity index (χ2v) is 11.9. The standard InChI is InChI=1S/C26H37FN6O2S/c1-19-28-29-23-18-32(17-21-6-15-36-24(21)33(19)23)22-2-9-31(10-3-22)25(34)26(27)7-11-30(12-8-26)16-20-4-13-35-14-5-20/h6,15,20,22H,2-5,7-14,16-18H2,1H3. The minimum absolute atomic E-state index is 0.280. The van der Waals surface area contributed by atoms with Gasteiger partial charge in [-0.25, -0.2) is 4.39 Å². The van der Waals surface area contributed by atoms with E-state index in [0.29, 0.717) is 51.0 Å². The van der Waals surface area contributed by atoms with Crippen LogP contribution in [0.2, 0.25) is 0 Å². The van der Waals surface area contributed by atoms with Crippen LogP contribution in [0.1, 0.15) is 55.7 Å². The molecule has 36 heavy (non-hydrogen) atoms. The lowest BCUT2D eigenvalue weighted by atomic mass is 9.89. The number of aryl methyl sites for hydroxylation is 1. The average Bonchev–Trinajstić information content (AvgIpc) is 3.47. The van der Waals surface area contributed by atoms with E-state index in [2.05, 4.69) is 36.0 Å². The summed E-state index contributed by atoms with van der Waals surface area (Å²) in [7, 11) is 0. The molecule has 0 bridgehead atoms. The van der Waals surface area contributed by atoms with Crippen LogP contribution in [-0.2, 0) is 22.6 Å². The van der Waals surface area contributed by atoms with Crippen molar-refractivity contribution in [3.05, 3.63) is 28.7 Å². The number of amides is 1. The number of halogens is 1. The van der Waals surface area contributed by atoms with Crippen LogP contribution >= 0.6 is 11.3 Å². The quantitative estimate of drug-likeness (QED) is 0.622. The van der Waals surface area contributed by atoms with E-state index in [1.807, 2.05) is 6.92 Å². The van der Waals surface area contributed by atoms with Gasteiger partial charge in [0.05, 0.1) is 6.54 Å². The zero-order valence-corrected chi connectivity index (χ0v) is 22.0. The highest BCUT2D eigenvalue weighted by molar-refractivity contribution is 7.12. The number of piperidine rings is 2. The predicted octanol–water partition coefficient (Wildman–Crippen LogP) is 3.17. The van der Waals surface area contributed by atoms with Gasteiger partial charge in [0.15, 0.2) is 11.5 Å². The highest BCUT2D eigenvalue weighted by Crippen LogP contribution is 2.34. The maximum absolute atomic E-state index is 15.8. The minimum atomic E-state index is -1.71. The molecule has 0 aromatic carbocycles. The molecule has 6 rings (SSSR count). The van der Waals surface area contributed by atoms with Crippen molar-refractivity contribution in [2.24, 2.45) is 5.92 Å². The topological polar surface area (TPSA) is 66.7 Å². The van der Waals surface area contributed by atoms with Crippen LogP contribution in [0, 0.1) is 12.8 Å². The number of ether oxygens (including phenoxy) is 1. The lowest BCUT2D eigenvalue weighted by molar-refractivity contribution is -0.149. The van der Waals surface area contributed by atoms with Crippen molar-refractivity contribution in [2.75, 3.05) is 45.9 Å². The first kappa shape index (κ1) is 24.5. The summed E-state index contributed by atoms with van der Waals surface area (Å²) in [5, 5.41) is 12.1. The van der Waals surface area contributed by atoms with E-state index in [4.69, 9.17) is 4.74 Å². The third-order valence-electron chi connectivity index (χ3n) is 8.69. The van der Waals surface area contributed by atoms with Crippen LogP contribution in [0.15, 0.2) is 11.4 Å². The monoisotopic (exact) mass is 516 g/mol. The van der Waals surface area contributed by atoms with Crippen LogP contribution in [0.5, 0.6) is 0 Å². The van der Waals surface area contributed by atoms with Gasteiger partial charge in [0, 0.05) is 76.9 Å². The van der Waals surface area contributed by atoms with Crippen LogP contribution in [-0.4, -0.2) is 93.0 Å². The lowest BCUT2D eigenvalue weighted by Crippen LogP contribution is -2.55. The number of nitrogens with zero attached hydrogens (tertiary/aromatic N) is 6. The number of alkyl halides is 1. The van der Waals surface area contributed by atoms with E-state index >= 15 is 4.39 Å². The highest BCUT2D eigenvalue weighted by atomic mass is 32.1. The van der Waals surface area contributed by atoms with E-state index in [1.54, 1.807) is 16.2 Å². The molecule has 3 saturated heterocycles. The van der Waals surface area contributed by atoms with Crippen molar-refractivity contribution < 1.29 is 13.9 Å². The summed E-state index contributed by atoms with van der Waals surface area (Å²) in [6, 6.07) is 2.55. The first-order valence-electron chi connectivity index (χ1n) is 13.5. The van der Waals surface area contributed by atoms with Crippen LogP contribution in [0.25, 0.3) is 5.00 Å². The smallest absolute Gasteiger partial charge is 0.260 e. The molecule has 0 unspecified atom stereocenters. The van der Waals surface area contributed by atoms with Crippen molar-refractivity contribution in [1.29, 1.82) is 0 Å². The lowest BCUT2D eigenvalue weighted by Gasteiger charge is -2.42. The first-order chi connectivity index (χ1) is 17.5. The number of hydrogen-bond acceptors (Lipinski definition) is 7. The van der Waals surface area contributed by atoms with Gasteiger partial charge >= 0.3 is 0 Å².